The van der Waals surface area contributed by atoms with Gasteiger partial charge in [-0.25, -0.2) is 4.79 Å². The number of carbonyl (C=O) groups is 5. The fourth-order valence-electron chi connectivity index (χ4n) is 4.44. The van der Waals surface area contributed by atoms with E-state index >= 15 is 0 Å². The van der Waals surface area contributed by atoms with Crippen LogP contribution in [0.3, 0.4) is 0 Å². The van der Waals surface area contributed by atoms with Gasteiger partial charge in [0, 0.05) is 34.7 Å². The van der Waals surface area contributed by atoms with Crippen molar-refractivity contribution in [2.24, 2.45) is 5.11 Å². The third kappa shape index (κ3) is 8.60. The highest BCUT2D eigenvalue weighted by molar-refractivity contribution is 14.1. The van der Waals surface area contributed by atoms with Crippen LogP contribution >= 0.6 is 22.6 Å². The van der Waals surface area contributed by atoms with E-state index < -0.39 is 47.4 Å². The minimum Gasteiger partial charge on any atom is -0.507 e. The first kappa shape index (κ1) is 31.7. The van der Waals surface area contributed by atoms with E-state index in [0.717, 1.165) is 0 Å². The second kappa shape index (κ2) is 13.7. The van der Waals surface area contributed by atoms with Crippen LogP contribution < -0.4 is 16.0 Å². The van der Waals surface area contributed by atoms with Crippen molar-refractivity contribution >= 4 is 58.0 Å². The Labute approximate surface area is 250 Å². The number of nitrogens with zero attached hydrogens (tertiary/aromatic N) is 5. The fourth-order valence-corrected chi connectivity index (χ4v) is 5.01. The first-order valence-corrected chi connectivity index (χ1v) is 14.1. The molecule has 2 saturated heterocycles. The molecule has 2 fully saturated rings. The summed E-state index contributed by atoms with van der Waals surface area (Å²) < 4.78 is 5.87. The van der Waals surface area contributed by atoms with E-state index in [2.05, 4.69) is 26.0 Å². The lowest BCUT2D eigenvalue weighted by Crippen LogP contribution is -2.52. The number of azide groups is 1. The quantitative estimate of drug-likeness (QED) is 0.0999. The number of amides is 5. The minimum absolute atomic E-state index is 0.0137. The Balaban J connectivity index is 1.42. The number of hydrogen-bond acceptors (Lipinski definition) is 8. The van der Waals surface area contributed by atoms with Gasteiger partial charge >= 0.3 is 6.09 Å². The standard InChI is InChI=1S/C25H33IN8O7/c1-25(2,3)41-24(40)34-9-4-5-18(34)22(38)30-16-6-10-33(23(16)39)13-20(36)28-7-8-29-21(37)14-11-15(26)17(31-32-27)12-19(14)35/h11-12,16,18,35H,4-10,13H2,1-3H3,(H,28,36)(H,29,37)(H,30,38)/t16-,18+/m1/s1. The van der Waals surface area contributed by atoms with Crippen LogP contribution in [0.15, 0.2) is 17.2 Å². The normalized spacial score (nSPS) is 18.5. The number of ether oxygens (including phenoxy) is 1. The van der Waals surface area contributed by atoms with Gasteiger partial charge < -0.3 is 30.7 Å². The van der Waals surface area contributed by atoms with Gasteiger partial charge in [-0.15, -0.1) is 0 Å². The van der Waals surface area contributed by atoms with Crippen molar-refractivity contribution in [3.8, 4) is 5.75 Å². The number of likely N-dealkylation sites (tertiary alicyclic amines) is 2. The Morgan fingerprint density at radius 3 is 2.56 bits per heavy atom. The second-order valence-electron chi connectivity index (χ2n) is 10.6. The number of carbonyl (C=O) groups excluding carboxylic acids is 5. The highest BCUT2D eigenvalue weighted by Gasteiger charge is 2.40. The Hall–Kier alpha value is -3.79. The lowest BCUT2D eigenvalue weighted by atomic mass is 10.1. The van der Waals surface area contributed by atoms with Gasteiger partial charge in [-0.05, 0) is 80.3 Å². The van der Waals surface area contributed by atoms with Gasteiger partial charge in [-0.2, -0.15) is 0 Å². The fraction of sp³-hybridized carbons (Fsp3) is 0.560. The summed E-state index contributed by atoms with van der Waals surface area (Å²) in [5, 5.41) is 21.4. The van der Waals surface area contributed by atoms with E-state index in [-0.39, 0.29) is 43.2 Å². The van der Waals surface area contributed by atoms with Gasteiger partial charge in [-0.3, -0.25) is 24.1 Å². The lowest BCUT2D eigenvalue weighted by Gasteiger charge is -2.28. The summed E-state index contributed by atoms with van der Waals surface area (Å²) in [4.78, 5) is 68.3. The topological polar surface area (TPSA) is 206 Å². The van der Waals surface area contributed by atoms with Crippen molar-refractivity contribution in [2.75, 3.05) is 32.7 Å². The number of halogens is 1. The van der Waals surface area contributed by atoms with Gasteiger partial charge in [0.2, 0.25) is 17.7 Å². The van der Waals surface area contributed by atoms with Gasteiger partial charge in [0.25, 0.3) is 5.91 Å². The van der Waals surface area contributed by atoms with Crippen molar-refractivity contribution in [3.05, 3.63) is 31.7 Å². The molecule has 2 aliphatic rings. The number of nitrogens with one attached hydrogen (secondary N) is 3. The van der Waals surface area contributed by atoms with Crippen molar-refractivity contribution in [1.29, 1.82) is 0 Å². The van der Waals surface area contributed by atoms with Crippen LogP contribution in [0.25, 0.3) is 10.4 Å². The average molecular weight is 684 g/mol. The van der Waals surface area contributed by atoms with Crippen molar-refractivity contribution in [1.82, 2.24) is 25.8 Å². The first-order chi connectivity index (χ1) is 19.3. The van der Waals surface area contributed by atoms with Gasteiger partial charge in [0.15, 0.2) is 0 Å². The van der Waals surface area contributed by atoms with Crippen LogP contribution in [-0.4, -0.2) is 95.0 Å². The molecule has 0 bridgehead atoms. The van der Waals surface area contributed by atoms with E-state index in [1.54, 1.807) is 20.8 Å². The zero-order chi connectivity index (χ0) is 30.3. The van der Waals surface area contributed by atoms with Crippen molar-refractivity contribution < 1.29 is 33.8 Å². The molecule has 2 aliphatic heterocycles. The summed E-state index contributed by atoms with van der Waals surface area (Å²) in [6.45, 7) is 5.82. The highest BCUT2D eigenvalue weighted by Crippen LogP contribution is 2.30. The number of phenolic OH excluding ortho intramolecular Hbond substituents is 1. The molecule has 0 saturated carbocycles. The Morgan fingerprint density at radius 1 is 1.17 bits per heavy atom. The van der Waals surface area contributed by atoms with Crippen molar-refractivity contribution in [3.63, 3.8) is 0 Å². The smallest absolute Gasteiger partial charge is 0.410 e. The highest BCUT2D eigenvalue weighted by atomic mass is 127. The monoisotopic (exact) mass is 684 g/mol. The number of benzene rings is 1. The predicted octanol–water partition coefficient (Wildman–Crippen LogP) is 1.90. The SMILES string of the molecule is CC(C)(C)OC(=O)N1CCC[C@H]1C(=O)N[C@@H]1CCN(CC(=O)NCCNC(=O)c2cc(I)c(N=[N+]=[N-])cc2O)C1=O. The van der Waals surface area contributed by atoms with Gasteiger partial charge in [-0.1, -0.05) is 5.11 Å². The summed E-state index contributed by atoms with van der Waals surface area (Å²) in [5.41, 5.74) is 8.03. The molecule has 1 aromatic rings. The molecular weight excluding hydrogens is 651 g/mol. The maximum absolute atomic E-state index is 12.9. The van der Waals surface area contributed by atoms with Crippen molar-refractivity contribution in [2.45, 2.75) is 57.7 Å². The molecule has 41 heavy (non-hydrogen) atoms. The van der Waals surface area contributed by atoms with E-state index in [1.807, 2.05) is 22.6 Å². The molecule has 0 spiro atoms. The molecule has 0 aromatic heterocycles. The minimum atomic E-state index is -0.795. The summed E-state index contributed by atoms with van der Waals surface area (Å²) in [6.07, 6.45) is 0.868. The largest absolute Gasteiger partial charge is 0.507 e. The average Bonchev–Trinajstić information content (AvgIpc) is 3.51. The molecule has 16 heteroatoms. The summed E-state index contributed by atoms with van der Waals surface area (Å²) >= 11 is 1.87. The number of aromatic hydroxyl groups is 1. The zero-order valence-corrected chi connectivity index (χ0v) is 25.1. The van der Waals surface area contributed by atoms with Crippen LogP contribution in [-0.2, 0) is 19.1 Å². The molecule has 15 nitrogen and oxygen atoms in total. The van der Waals surface area contributed by atoms with Crippen LogP contribution in [0.1, 0.15) is 50.4 Å². The van der Waals surface area contributed by atoms with Gasteiger partial charge in [0.05, 0.1) is 17.8 Å². The number of rotatable bonds is 9. The van der Waals surface area contributed by atoms with Crippen LogP contribution in [0.5, 0.6) is 5.75 Å². The molecule has 1 aromatic carbocycles. The second-order valence-corrected chi connectivity index (χ2v) is 11.7. The molecule has 222 valence electrons. The first-order valence-electron chi connectivity index (χ1n) is 13.0. The van der Waals surface area contributed by atoms with Gasteiger partial charge in [0.1, 0.15) is 23.4 Å². The number of phenols is 1. The third-order valence-corrected chi connectivity index (χ3v) is 7.19. The Bertz CT molecular complexity index is 1260. The summed E-state index contributed by atoms with van der Waals surface area (Å²) in [7, 11) is 0. The summed E-state index contributed by atoms with van der Waals surface area (Å²) in [5.74, 6) is -2.20. The Kier molecular flexibility index (Phi) is 10.6. The molecule has 3 rings (SSSR count). The lowest BCUT2D eigenvalue weighted by molar-refractivity contribution is -0.136. The molecule has 0 radical (unpaired) electrons. The van der Waals surface area contributed by atoms with Crippen LogP contribution in [0, 0.1) is 3.57 Å². The number of hydrogen-bond donors (Lipinski definition) is 4. The zero-order valence-electron chi connectivity index (χ0n) is 23.0. The molecule has 0 unspecified atom stereocenters. The third-order valence-electron chi connectivity index (χ3n) is 6.33. The molecular formula is C25H33IN8O7. The van der Waals surface area contributed by atoms with E-state index in [0.29, 0.717) is 29.4 Å². The molecule has 5 amide bonds. The maximum Gasteiger partial charge on any atom is 0.410 e. The van der Waals surface area contributed by atoms with E-state index in [9.17, 15) is 29.1 Å². The van der Waals surface area contributed by atoms with E-state index in [1.165, 1.54) is 21.9 Å². The Morgan fingerprint density at radius 2 is 1.88 bits per heavy atom. The van der Waals surface area contributed by atoms with Crippen LogP contribution in [0.2, 0.25) is 0 Å². The maximum atomic E-state index is 12.9. The predicted molar refractivity (Wildman–Crippen MR) is 154 cm³/mol. The van der Waals surface area contributed by atoms with Crippen LogP contribution in [0.4, 0.5) is 10.5 Å². The molecule has 2 atom stereocenters. The molecule has 0 aliphatic carbocycles. The molecule has 4 N–H and O–H groups in total. The molecule has 2 heterocycles. The summed E-state index contributed by atoms with van der Waals surface area (Å²) in [6, 6.07) is 1.05. The van der Waals surface area contributed by atoms with E-state index in [4.69, 9.17) is 10.3 Å².